The van der Waals surface area contributed by atoms with Gasteiger partial charge in [-0.05, 0) is 74.4 Å². The van der Waals surface area contributed by atoms with Gasteiger partial charge in [0.25, 0.3) is 5.91 Å². The molecular formula is C23H26FN5O. The first-order valence-corrected chi connectivity index (χ1v) is 10.4. The monoisotopic (exact) mass is 407 g/mol. The Morgan fingerprint density at radius 2 is 2.13 bits per heavy atom. The van der Waals surface area contributed by atoms with Gasteiger partial charge in [-0.2, -0.15) is 0 Å². The van der Waals surface area contributed by atoms with Gasteiger partial charge < -0.3 is 9.88 Å². The van der Waals surface area contributed by atoms with Crippen LogP contribution in [0.5, 0.6) is 0 Å². The van der Waals surface area contributed by atoms with E-state index in [9.17, 15) is 9.18 Å². The minimum atomic E-state index is -0.516. The number of anilines is 1. The van der Waals surface area contributed by atoms with Gasteiger partial charge in [-0.25, -0.2) is 9.37 Å². The maximum Gasteiger partial charge on any atom is 0.259 e. The predicted molar refractivity (Wildman–Crippen MR) is 114 cm³/mol. The minimum Gasteiger partial charge on any atom is -0.310 e. The van der Waals surface area contributed by atoms with Crippen LogP contribution in [0.1, 0.15) is 67.1 Å². The van der Waals surface area contributed by atoms with Crippen molar-refractivity contribution in [1.82, 2.24) is 19.7 Å². The van der Waals surface area contributed by atoms with Gasteiger partial charge in [-0.15, -0.1) is 10.2 Å². The summed E-state index contributed by atoms with van der Waals surface area (Å²) in [7, 11) is 0. The zero-order valence-corrected chi connectivity index (χ0v) is 17.7. The van der Waals surface area contributed by atoms with Crippen LogP contribution in [0.2, 0.25) is 0 Å². The Balaban J connectivity index is 1.59. The lowest BCUT2D eigenvalue weighted by molar-refractivity contribution is 0.102. The smallest absolute Gasteiger partial charge is 0.259 e. The van der Waals surface area contributed by atoms with Crippen molar-refractivity contribution >= 4 is 11.7 Å². The molecule has 1 N–H and O–H groups in total. The molecule has 0 spiro atoms. The highest BCUT2D eigenvalue weighted by molar-refractivity contribution is 6.04. The topological polar surface area (TPSA) is 72.7 Å². The average molecular weight is 407 g/mol. The lowest BCUT2D eigenvalue weighted by Crippen LogP contribution is -2.16. The number of rotatable bonds is 6. The summed E-state index contributed by atoms with van der Waals surface area (Å²) < 4.78 is 16.5. The Bertz CT molecular complexity index is 1090. The molecule has 0 aliphatic heterocycles. The Kier molecular flexibility index (Phi) is 5.37. The van der Waals surface area contributed by atoms with E-state index in [2.05, 4.69) is 27.4 Å². The van der Waals surface area contributed by atoms with Crippen LogP contribution in [0.25, 0.3) is 11.5 Å². The quantitative estimate of drug-likeness (QED) is 0.614. The van der Waals surface area contributed by atoms with E-state index in [4.69, 9.17) is 0 Å². The molecule has 1 amide bonds. The summed E-state index contributed by atoms with van der Waals surface area (Å²) in [5.74, 6) is 0.989. The summed E-state index contributed by atoms with van der Waals surface area (Å²) in [5.41, 5.74) is 2.61. The molecule has 4 rings (SSSR count). The number of carbonyl (C=O) groups excluding carboxylic acids is 1. The fraction of sp³-hybridized carbons (Fsp3) is 0.391. The zero-order chi connectivity index (χ0) is 21.4. The van der Waals surface area contributed by atoms with Crippen LogP contribution in [0.15, 0.2) is 36.7 Å². The molecule has 156 valence electrons. The van der Waals surface area contributed by atoms with Gasteiger partial charge in [-0.1, -0.05) is 19.4 Å². The molecule has 0 saturated heterocycles. The maximum absolute atomic E-state index is 14.6. The number of nitrogens with one attached hydrogen (secondary N) is 1. The number of hydrogen-bond donors (Lipinski definition) is 1. The largest absolute Gasteiger partial charge is 0.310 e. The Morgan fingerprint density at radius 3 is 2.83 bits per heavy atom. The number of benzene rings is 1. The van der Waals surface area contributed by atoms with Crippen LogP contribution in [0.3, 0.4) is 0 Å². The first kappa shape index (κ1) is 20.2. The van der Waals surface area contributed by atoms with Crippen molar-refractivity contribution in [3.63, 3.8) is 0 Å². The third kappa shape index (κ3) is 3.84. The summed E-state index contributed by atoms with van der Waals surface area (Å²) in [6, 6.07) is 8.61. The van der Waals surface area contributed by atoms with E-state index in [0.29, 0.717) is 29.2 Å². The molecule has 1 fully saturated rings. The van der Waals surface area contributed by atoms with Gasteiger partial charge >= 0.3 is 0 Å². The highest BCUT2D eigenvalue weighted by Gasteiger charge is 2.38. The summed E-state index contributed by atoms with van der Waals surface area (Å²) in [4.78, 5) is 17.3. The Labute approximate surface area is 175 Å². The Hall–Kier alpha value is -3.09. The first-order valence-electron chi connectivity index (χ1n) is 10.4. The summed E-state index contributed by atoms with van der Waals surface area (Å²) in [5, 5.41) is 10.8. The molecule has 1 aliphatic carbocycles. The van der Waals surface area contributed by atoms with E-state index in [0.717, 1.165) is 24.0 Å². The van der Waals surface area contributed by atoms with Gasteiger partial charge in [0.05, 0.1) is 5.56 Å². The standard InChI is InChI=1S/C23H26FN5O/c1-5-15-10-17(15)16-11-18(19(24)9-14(16)4)23(30)27-21-8-6-7-20(26-21)22-28-25-12-29(22)13(2)3/h6-9,11-13,15,17H,5,10H2,1-4H3,(H,26,27,30). The second-order valence-electron chi connectivity index (χ2n) is 8.22. The molecule has 6 nitrogen and oxygen atoms in total. The minimum absolute atomic E-state index is 0.0508. The van der Waals surface area contributed by atoms with E-state index in [-0.39, 0.29) is 11.6 Å². The molecule has 1 saturated carbocycles. The SMILES string of the molecule is CCC1CC1c1cc(C(=O)Nc2cccc(-c3nncn3C(C)C)n2)c(F)cc1C. The highest BCUT2D eigenvalue weighted by atomic mass is 19.1. The number of aryl methyl sites for hydroxylation is 1. The van der Waals surface area contributed by atoms with Crippen molar-refractivity contribution in [2.75, 3.05) is 5.32 Å². The van der Waals surface area contributed by atoms with E-state index < -0.39 is 11.7 Å². The van der Waals surface area contributed by atoms with Crippen LogP contribution < -0.4 is 5.32 Å². The van der Waals surface area contributed by atoms with Crippen LogP contribution >= 0.6 is 0 Å². The molecule has 2 atom stereocenters. The van der Waals surface area contributed by atoms with Crippen LogP contribution in [0.4, 0.5) is 10.2 Å². The third-order valence-corrected chi connectivity index (χ3v) is 5.80. The Morgan fingerprint density at radius 1 is 1.33 bits per heavy atom. The normalized spacial score (nSPS) is 17.9. The third-order valence-electron chi connectivity index (χ3n) is 5.80. The summed E-state index contributed by atoms with van der Waals surface area (Å²) >= 11 is 0. The number of hydrogen-bond acceptors (Lipinski definition) is 4. The van der Waals surface area contributed by atoms with Crippen molar-refractivity contribution in [3.05, 3.63) is 59.2 Å². The van der Waals surface area contributed by atoms with Crippen LogP contribution in [-0.4, -0.2) is 25.7 Å². The number of pyridine rings is 1. The maximum atomic E-state index is 14.6. The second-order valence-corrected chi connectivity index (χ2v) is 8.22. The molecular weight excluding hydrogens is 381 g/mol. The van der Waals surface area contributed by atoms with Gasteiger partial charge in [0.15, 0.2) is 5.82 Å². The van der Waals surface area contributed by atoms with Crippen molar-refractivity contribution in [3.8, 4) is 11.5 Å². The second kappa shape index (κ2) is 7.97. The van der Waals surface area contributed by atoms with E-state index in [1.54, 1.807) is 30.6 Å². The van der Waals surface area contributed by atoms with Gasteiger partial charge in [0.2, 0.25) is 0 Å². The number of aromatic nitrogens is 4. The summed E-state index contributed by atoms with van der Waals surface area (Å²) in [6.07, 6.45) is 3.85. The van der Waals surface area contributed by atoms with Crippen molar-refractivity contribution in [2.24, 2.45) is 5.92 Å². The number of nitrogens with zero attached hydrogens (tertiary/aromatic N) is 4. The van der Waals surface area contributed by atoms with Crippen molar-refractivity contribution in [2.45, 2.75) is 52.5 Å². The first-order chi connectivity index (χ1) is 14.4. The fourth-order valence-corrected chi connectivity index (χ4v) is 3.96. The predicted octanol–water partition coefficient (Wildman–Crippen LogP) is 5.13. The van der Waals surface area contributed by atoms with E-state index in [1.807, 2.05) is 25.3 Å². The number of carbonyl (C=O) groups is 1. The van der Waals surface area contributed by atoms with Crippen molar-refractivity contribution < 1.29 is 9.18 Å². The average Bonchev–Trinajstić information content (AvgIpc) is 3.31. The summed E-state index contributed by atoms with van der Waals surface area (Å²) in [6.45, 7) is 8.12. The molecule has 2 heterocycles. The number of amides is 1. The molecule has 1 aromatic carbocycles. The lowest BCUT2D eigenvalue weighted by Gasteiger charge is -2.12. The molecule has 0 bridgehead atoms. The van der Waals surface area contributed by atoms with E-state index in [1.165, 1.54) is 6.07 Å². The fourth-order valence-electron chi connectivity index (χ4n) is 3.96. The molecule has 3 aromatic rings. The highest BCUT2D eigenvalue weighted by Crippen LogP contribution is 2.50. The molecule has 0 radical (unpaired) electrons. The van der Waals surface area contributed by atoms with E-state index >= 15 is 0 Å². The zero-order valence-electron chi connectivity index (χ0n) is 17.7. The molecule has 2 aromatic heterocycles. The molecule has 7 heteroatoms. The van der Waals surface area contributed by atoms with Gasteiger partial charge in [0.1, 0.15) is 23.7 Å². The molecule has 2 unspecified atom stereocenters. The molecule has 1 aliphatic rings. The van der Waals surface area contributed by atoms with Gasteiger partial charge in [0, 0.05) is 6.04 Å². The number of halogens is 1. The van der Waals surface area contributed by atoms with Crippen molar-refractivity contribution in [1.29, 1.82) is 0 Å². The van der Waals surface area contributed by atoms with Crippen LogP contribution in [0, 0.1) is 18.7 Å². The van der Waals surface area contributed by atoms with Gasteiger partial charge in [-0.3, -0.25) is 4.79 Å². The lowest BCUT2D eigenvalue weighted by atomic mass is 9.98. The van der Waals surface area contributed by atoms with Crippen LogP contribution in [-0.2, 0) is 0 Å². The molecule has 30 heavy (non-hydrogen) atoms.